The summed E-state index contributed by atoms with van der Waals surface area (Å²) in [5, 5.41) is 13.6. The van der Waals surface area contributed by atoms with Gasteiger partial charge >= 0.3 is 5.92 Å². The van der Waals surface area contributed by atoms with Crippen LogP contribution in [0.2, 0.25) is 5.02 Å². The highest BCUT2D eigenvalue weighted by molar-refractivity contribution is 6.30. The van der Waals surface area contributed by atoms with Crippen molar-refractivity contribution in [3.05, 3.63) is 88.9 Å². The maximum Gasteiger partial charge on any atom is 0.301 e. The fourth-order valence-corrected chi connectivity index (χ4v) is 6.12. The summed E-state index contributed by atoms with van der Waals surface area (Å²) < 4.78 is 38.3. The molecule has 5 rings (SSSR count). The molecule has 2 aliphatic rings. The van der Waals surface area contributed by atoms with Crippen molar-refractivity contribution >= 4 is 23.4 Å². The maximum absolute atomic E-state index is 16.2. The number of aliphatic hydroxyl groups is 1. The van der Waals surface area contributed by atoms with Gasteiger partial charge in [-0.05, 0) is 72.6 Å². The van der Waals surface area contributed by atoms with Gasteiger partial charge in [0.2, 0.25) is 0 Å². The van der Waals surface area contributed by atoms with Crippen molar-refractivity contribution in [2.45, 2.75) is 69.1 Å². The number of aliphatic hydroxyl groups excluding tert-OH is 1. The van der Waals surface area contributed by atoms with Crippen LogP contribution in [0.25, 0.3) is 11.1 Å². The summed E-state index contributed by atoms with van der Waals surface area (Å²) in [5.41, 5.74) is 7.19. The summed E-state index contributed by atoms with van der Waals surface area (Å²) in [4.78, 5) is 28.1. The number of piperidine rings is 1. The second kappa shape index (κ2) is 14.7. The fourth-order valence-electron chi connectivity index (χ4n) is 5.99. The van der Waals surface area contributed by atoms with Gasteiger partial charge < -0.3 is 25.8 Å². The molecule has 1 saturated heterocycles. The van der Waals surface area contributed by atoms with Crippen molar-refractivity contribution in [1.29, 1.82) is 0 Å². The zero-order chi connectivity index (χ0) is 32.0. The Balaban J connectivity index is 1.31. The Bertz CT molecular complexity index is 1420. The van der Waals surface area contributed by atoms with Crippen LogP contribution in [0.5, 0.6) is 5.75 Å². The number of likely N-dealkylation sites (tertiary alicyclic amines) is 1. The molecule has 1 saturated carbocycles. The van der Waals surface area contributed by atoms with Gasteiger partial charge in [-0.25, -0.2) is 0 Å². The Labute approximate surface area is 267 Å². The average Bonchev–Trinajstić information content (AvgIpc) is 3.07. The standard InChI is InChI=1S/C35H40ClF2N3O4/c36-28-14-8-25(9-15-28)24-6-12-27(13-7-24)35(37,38)32(34(44)41-20-18-29(39)19-21-41)40-33(43)31(42)26-10-16-30(17-11-26)45-22-23-4-2-1-3-5-23/h6-17,23,29,31-32,42H,1-5,18-22,39H2,(H,40,43)/t31-,32+/m1/s1. The Kier molecular flexibility index (Phi) is 10.7. The monoisotopic (exact) mass is 639 g/mol. The van der Waals surface area contributed by atoms with Gasteiger partial charge in [0, 0.05) is 29.7 Å². The van der Waals surface area contributed by atoms with E-state index in [4.69, 9.17) is 22.1 Å². The molecule has 0 spiro atoms. The first-order valence-electron chi connectivity index (χ1n) is 15.6. The molecule has 0 aromatic heterocycles. The smallest absolute Gasteiger partial charge is 0.301 e. The molecule has 45 heavy (non-hydrogen) atoms. The zero-order valence-corrected chi connectivity index (χ0v) is 25.9. The molecular weight excluding hydrogens is 600 g/mol. The number of nitrogens with two attached hydrogens (primary N) is 1. The minimum Gasteiger partial charge on any atom is -0.493 e. The van der Waals surface area contributed by atoms with Crippen molar-refractivity contribution in [2.24, 2.45) is 11.7 Å². The molecule has 2 amide bonds. The van der Waals surface area contributed by atoms with Gasteiger partial charge in [0.25, 0.3) is 11.8 Å². The Morgan fingerprint density at radius 2 is 1.49 bits per heavy atom. The number of benzene rings is 3. The molecular formula is C35H40ClF2N3O4. The molecule has 2 atom stereocenters. The van der Waals surface area contributed by atoms with E-state index in [0.717, 1.165) is 18.4 Å². The predicted molar refractivity (Wildman–Crippen MR) is 170 cm³/mol. The van der Waals surface area contributed by atoms with Crippen LogP contribution < -0.4 is 15.8 Å². The van der Waals surface area contributed by atoms with Crippen molar-refractivity contribution in [1.82, 2.24) is 10.2 Å². The molecule has 0 unspecified atom stereocenters. The summed E-state index contributed by atoms with van der Waals surface area (Å²) in [6, 6.07) is 16.5. The first-order valence-corrected chi connectivity index (χ1v) is 16.0. The summed E-state index contributed by atoms with van der Waals surface area (Å²) in [7, 11) is 0. The quantitative estimate of drug-likeness (QED) is 0.244. The lowest BCUT2D eigenvalue weighted by atomic mass is 9.90. The van der Waals surface area contributed by atoms with E-state index in [9.17, 15) is 14.7 Å². The van der Waals surface area contributed by atoms with E-state index in [1.165, 1.54) is 60.6 Å². The van der Waals surface area contributed by atoms with E-state index in [1.54, 1.807) is 36.4 Å². The number of amides is 2. The number of carbonyl (C=O) groups excluding carboxylic acids is 2. The molecule has 1 aliphatic heterocycles. The van der Waals surface area contributed by atoms with E-state index >= 15 is 8.78 Å². The first-order chi connectivity index (χ1) is 21.6. The number of hydrogen-bond donors (Lipinski definition) is 3. The van der Waals surface area contributed by atoms with Gasteiger partial charge in [-0.1, -0.05) is 79.4 Å². The lowest BCUT2D eigenvalue weighted by Gasteiger charge is -2.36. The number of rotatable bonds is 10. The number of hydrogen-bond acceptors (Lipinski definition) is 5. The SMILES string of the molecule is NC1CCN(C(=O)[C@H](NC(=O)[C@H](O)c2ccc(OCC3CCCCC3)cc2)C(F)(F)c2ccc(-c3ccc(Cl)cc3)cc2)CC1. The average molecular weight is 640 g/mol. The van der Waals surface area contributed by atoms with Crippen LogP contribution in [-0.2, 0) is 15.5 Å². The molecule has 0 bridgehead atoms. The van der Waals surface area contributed by atoms with Crippen LogP contribution in [0, 0.1) is 5.92 Å². The second-order valence-corrected chi connectivity index (χ2v) is 12.5. The number of carbonyl (C=O) groups is 2. The van der Waals surface area contributed by atoms with E-state index in [-0.39, 0.29) is 24.7 Å². The highest BCUT2D eigenvalue weighted by Crippen LogP contribution is 2.35. The third-order valence-electron chi connectivity index (χ3n) is 8.85. The van der Waals surface area contributed by atoms with Crippen molar-refractivity contribution < 1.29 is 28.2 Å². The van der Waals surface area contributed by atoms with Crippen LogP contribution in [-0.4, -0.2) is 53.6 Å². The van der Waals surface area contributed by atoms with Gasteiger partial charge in [-0.2, -0.15) is 8.78 Å². The van der Waals surface area contributed by atoms with Gasteiger partial charge in [-0.15, -0.1) is 0 Å². The van der Waals surface area contributed by atoms with Gasteiger partial charge in [0.05, 0.1) is 6.61 Å². The third-order valence-corrected chi connectivity index (χ3v) is 9.10. The lowest BCUT2D eigenvalue weighted by molar-refractivity contribution is -0.152. The fraction of sp³-hybridized carbons (Fsp3) is 0.429. The van der Waals surface area contributed by atoms with Crippen LogP contribution in [0.15, 0.2) is 72.8 Å². The number of nitrogens with one attached hydrogen (secondary N) is 1. The van der Waals surface area contributed by atoms with Crippen molar-refractivity contribution in [3.63, 3.8) is 0 Å². The van der Waals surface area contributed by atoms with Gasteiger partial charge in [0.1, 0.15) is 5.75 Å². The van der Waals surface area contributed by atoms with Crippen LogP contribution in [0.1, 0.15) is 62.2 Å². The summed E-state index contributed by atoms with van der Waals surface area (Å²) >= 11 is 5.97. The van der Waals surface area contributed by atoms with Gasteiger partial charge in [-0.3, -0.25) is 9.59 Å². The summed E-state index contributed by atoms with van der Waals surface area (Å²) in [6.07, 6.45) is 5.10. The second-order valence-electron chi connectivity index (χ2n) is 12.1. The number of alkyl halides is 2. The van der Waals surface area contributed by atoms with E-state index in [0.29, 0.717) is 41.7 Å². The highest BCUT2D eigenvalue weighted by atomic mass is 35.5. The largest absolute Gasteiger partial charge is 0.493 e. The van der Waals surface area contributed by atoms with Crippen molar-refractivity contribution in [2.75, 3.05) is 19.7 Å². The van der Waals surface area contributed by atoms with E-state index < -0.39 is 35.4 Å². The number of nitrogens with zero attached hydrogens (tertiary/aromatic N) is 1. The molecule has 10 heteroatoms. The van der Waals surface area contributed by atoms with E-state index in [2.05, 4.69) is 5.32 Å². The Hall–Kier alpha value is -3.53. The predicted octanol–water partition coefficient (Wildman–Crippen LogP) is 6.23. The molecule has 4 N–H and O–H groups in total. The minimum absolute atomic E-state index is 0.126. The van der Waals surface area contributed by atoms with Gasteiger partial charge in [0.15, 0.2) is 12.1 Å². The molecule has 240 valence electrons. The van der Waals surface area contributed by atoms with Crippen LogP contribution >= 0.6 is 11.6 Å². The third kappa shape index (κ3) is 8.20. The Morgan fingerprint density at radius 1 is 0.911 bits per heavy atom. The topological polar surface area (TPSA) is 105 Å². The molecule has 1 aliphatic carbocycles. The normalized spacial score (nSPS) is 17.8. The number of halogens is 3. The molecule has 7 nitrogen and oxygen atoms in total. The molecule has 0 radical (unpaired) electrons. The van der Waals surface area contributed by atoms with E-state index in [1.807, 2.05) is 0 Å². The summed E-state index contributed by atoms with van der Waals surface area (Å²) in [5.74, 6) is -4.71. The number of ether oxygens (including phenoxy) is 1. The van der Waals surface area contributed by atoms with Crippen LogP contribution in [0.3, 0.4) is 0 Å². The van der Waals surface area contributed by atoms with Crippen molar-refractivity contribution in [3.8, 4) is 16.9 Å². The molecule has 2 fully saturated rings. The van der Waals surface area contributed by atoms with Crippen LogP contribution in [0.4, 0.5) is 8.78 Å². The Morgan fingerprint density at radius 3 is 2.09 bits per heavy atom. The maximum atomic E-state index is 16.2. The molecule has 3 aromatic carbocycles. The lowest BCUT2D eigenvalue weighted by Crippen LogP contribution is -2.58. The molecule has 1 heterocycles. The first kappa shape index (κ1) is 32.9. The highest BCUT2D eigenvalue weighted by Gasteiger charge is 2.49. The zero-order valence-electron chi connectivity index (χ0n) is 25.1. The molecule has 3 aromatic rings. The minimum atomic E-state index is -3.79. The summed E-state index contributed by atoms with van der Waals surface area (Å²) in [6.45, 7) is 0.995.